The zero-order chi connectivity index (χ0) is 15.2. The first-order valence-electron chi connectivity index (χ1n) is 7.04. The molecule has 6 heteroatoms. The fraction of sp³-hybridized carbons (Fsp3) is 0.400. The quantitative estimate of drug-likeness (QED) is 0.610. The molecule has 0 bridgehead atoms. The van der Waals surface area contributed by atoms with Crippen molar-refractivity contribution in [3.05, 3.63) is 47.2 Å². The van der Waals surface area contributed by atoms with Gasteiger partial charge in [0.2, 0.25) is 0 Å². The monoisotopic (exact) mass is 308 g/mol. The first-order valence-corrected chi connectivity index (χ1v) is 7.42. The Morgan fingerprint density at radius 2 is 2.29 bits per heavy atom. The number of nitrogens with two attached hydrogens (primary N) is 1. The summed E-state index contributed by atoms with van der Waals surface area (Å²) in [4.78, 5) is 0. The number of hydrazine groups is 1. The van der Waals surface area contributed by atoms with Crippen LogP contribution >= 0.6 is 11.6 Å². The van der Waals surface area contributed by atoms with Crippen LogP contribution in [0.2, 0.25) is 5.02 Å². The van der Waals surface area contributed by atoms with E-state index >= 15 is 0 Å². The number of aryl methyl sites for hydroxylation is 1. The molecule has 0 aliphatic carbocycles. The maximum absolute atomic E-state index is 5.96. The molecule has 2 unspecified atom stereocenters. The van der Waals surface area contributed by atoms with Crippen LogP contribution in [0.3, 0.4) is 0 Å². The van der Waals surface area contributed by atoms with Crippen LogP contribution in [0.25, 0.3) is 0 Å². The number of aromatic nitrogens is 2. The smallest absolute Gasteiger partial charge is 0.121 e. The average Bonchev–Trinajstić information content (AvgIpc) is 2.88. The molecule has 3 N–H and O–H groups in total. The van der Waals surface area contributed by atoms with E-state index in [1.54, 1.807) is 6.07 Å². The third-order valence-electron chi connectivity index (χ3n) is 3.23. The standard InChI is InChI=1S/C15H21ClN4O/c1-3-7-20-10-12(9-18-20)15(19-17)11(2)21-14-6-4-5-13(16)8-14/h4-6,8-11,15,19H,3,7,17H2,1-2H3. The van der Waals surface area contributed by atoms with Crippen molar-refractivity contribution in [3.8, 4) is 5.75 Å². The third kappa shape index (κ3) is 4.20. The van der Waals surface area contributed by atoms with Crippen molar-refractivity contribution in [3.63, 3.8) is 0 Å². The lowest BCUT2D eigenvalue weighted by Crippen LogP contribution is -2.37. The van der Waals surface area contributed by atoms with Crippen LogP contribution in [0.1, 0.15) is 31.9 Å². The first kappa shape index (κ1) is 15.8. The molecular formula is C15H21ClN4O. The van der Waals surface area contributed by atoms with Crippen molar-refractivity contribution in [2.45, 2.75) is 39.0 Å². The Morgan fingerprint density at radius 3 is 2.95 bits per heavy atom. The highest BCUT2D eigenvalue weighted by Gasteiger charge is 2.21. The molecule has 1 aromatic carbocycles. The Labute approximate surface area is 130 Å². The Kier molecular flexibility index (Phi) is 5.61. The van der Waals surface area contributed by atoms with E-state index in [9.17, 15) is 0 Å². The minimum atomic E-state index is -0.159. The topological polar surface area (TPSA) is 65.1 Å². The van der Waals surface area contributed by atoms with Crippen molar-refractivity contribution in [2.75, 3.05) is 0 Å². The first-order chi connectivity index (χ1) is 10.1. The van der Waals surface area contributed by atoms with Gasteiger partial charge in [0.05, 0.1) is 12.2 Å². The van der Waals surface area contributed by atoms with Crippen LogP contribution in [-0.4, -0.2) is 15.9 Å². The van der Waals surface area contributed by atoms with Gasteiger partial charge in [-0.3, -0.25) is 10.5 Å². The summed E-state index contributed by atoms with van der Waals surface area (Å²) in [6, 6.07) is 7.18. The SMILES string of the molecule is CCCn1cc(C(NN)C(C)Oc2cccc(Cl)c2)cn1. The highest BCUT2D eigenvalue weighted by atomic mass is 35.5. The number of benzene rings is 1. The van der Waals surface area contributed by atoms with Gasteiger partial charge in [0, 0.05) is 23.3 Å². The van der Waals surface area contributed by atoms with Gasteiger partial charge in [-0.2, -0.15) is 5.10 Å². The summed E-state index contributed by atoms with van der Waals surface area (Å²) in [6.07, 6.45) is 4.69. The molecule has 1 heterocycles. The number of nitrogens with one attached hydrogen (secondary N) is 1. The van der Waals surface area contributed by atoms with Crippen molar-refractivity contribution in [1.29, 1.82) is 0 Å². The summed E-state index contributed by atoms with van der Waals surface area (Å²) >= 11 is 5.96. The number of nitrogens with zero attached hydrogens (tertiary/aromatic N) is 2. The Morgan fingerprint density at radius 1 is 1.48 bits per heavy atom. The summed E-state index contributed by atoms with van der Waals surface area (Å²) in [7, 11) is 0. The number of ether oxygens (including phenoxy) is 1. The van der Waals surface area contributed by atoms with Gasteiger partial charge < -0.3 is 4.74 Å². The highest BCUT2D eigenvalue weighted by molar-refractivity contribution is 6.30. The fourth-order valence-corrected chi connectivity index (χ4v) is 2.40. The minimum absolute atomic E-state index is 0.144. The van der Waals surface area contributed by atoms with Crippen molar-refractivity contribution in [2.24, 2.45) is 5.84 Å². The van der Waals surface area contributed by atoms with Gasteiger partial charge in [-0.1, -0.05) is 24.6 Å². The van der Waals surface area contributed by atoms with Gasteiger partial charge in [0.25, 0.3) is 0 Å². The second kappa shape index (κ2) is 7.45. The third-order valence-corrected chi connectivity index (χ3v) is 3.47. The van der Waals surface area contributed by atoms with Gasteiger partial charge in [-0.15, -0.1) is 0 Å². The molecule has 0 aliphatic heterocycles. The Hall–Kier alpha value is -1.56. The van der Waals surface area contributed by atoms with E-state index in [0.29, 0.717) is 5.02 Å². The van der Waals surface area contributed by atoms with Crippen LogP contribution in [0.4, 0.5) is 0 Å². The zero-order valence-electron chi connectivity index (χ0n) is 12.3. The summed E-state index contributed by atoms with van der Waals surface area (Å²) < 4.78 is 7.82. The van der Waals surface area contributed by atoms with Crippen LogP contribution in [0, 0.1) is 0 Å². The van der Waals surface area contributed by atoms with Crippen molar-refractivity contribution >= 4 is 11.6 Å². The molecule has 0 spiro atoms. The lowest BCUT2D eigenvalue weighted by Gasteiger charge is -2.23. The van der Waals surface area contributed by atoms with E-state index in [1.807, 2.05) is 42.2 Å². The van der Waals surface area contributed by atoms with Gasteiger partial charge in [-0.05, 0) is 31.5 Å². The second-order valence-electron chi connectivity index (χ2n) is 4.96. The van der Waals surface area contributed by atoms with Crippen LogP contribution < -0.4 is 16.0 Å². The van der Waals surface area contributed by atoms with Crippen molar-refractivity contribution < 1.29 is 4.74 Å². The Balaban J connectivity index is 2.08. The number of rotatable bonds is 7. The fourth-order valence-electron chi connectivity index (χ4n) is 2.22. The summed E-state index contributed by atoms with van der Waals surface area (Å²) in [5.74, 6) is 6.40. The predicted molar refractivity (Wildman–Crippen MR) is 84.1 cm³/mol. The molecular weight excluding hydrogens is 288 g/mol. The predicted octanol–water partition coefficient (Wildman–Crippen LogP) is 2.92. The second-order valence-corrected chi connectivity index (χ2v) is 5.40. The van der Waals surface area contributed by atoms with Gasteiger partial charge in [-0.25, -0.2) is 5.43 Å². The highest BCUT2D eigenvalue weighted by Crippen LogP contribution is 2.23. The van der Waals surface area contributed by atoms with Gasteiger partial charge >= 0.3 is 0 Å². The molecule has 1 aromatic heterocycles. The molecule has 0 saturated carbocycles. The molecule has 21 heavy (non-hydrogen) atoms. The maximum atomic E-state index is 5.96. The number of hydrogen-bond donors (Lipinski definition) is 2. The van der Waals surface area contributed by atoms with E-state index in [4.69, 9.17) is 22.2 Å². The minimum Gasteiger partial charge on any atom is -0.489 e. The summed E-state index contributed by atoms with van der Waals surface area (Å²) in [5.41, 5.74) is 3.80. The lowest BCUT2D eigenvalue weighted by molar-refractivity contribution is 0.171. The lowest BCUT2D eigenvalue weighted by atomic mass is 10.1. The van der Waals surface area contributed by atoms with Crippen LogP contribution in [0.5, 0.6) is 5.75 Å². The normalized spacial score (nSPS) is 13.9. The average molecular weight is 309 g/mol. The van der Waals surface area contributed by atoms with E-state index in [2.05, 4.69) is 17.4 Å². The Bertz CT molecular complexity index is 572. The molecule has 114 valence electrons. The van der Waals surface area contributed by atoms with E-state index in [-0.39, 0.29) is 12.1 Å². The molecule has 2 atom stereocenters. The molecule has 0 fully saturated rings. The van der Waals surface area contributed by atoms with Crippen LogP contribution in [0.15, 0.2) is 36.7 Å². The number of halogens is 1. The van der Waals surface area contributed by atoms with E-state index in [0.717, 1.165) is 24.3 Å². The summed E-state index contributed by atoms with van der Waals surface area (Å²) in [6.45, 7) is 4.97. The summed E-state index contributed by atoms with van der Waals surface area (Å²) in [5, 5.41) is 4.97. The molecule has 0 aliphatic rings. The molecule has 2 aromatic rings. The molecule has 5 nitrogen and oxygen atoms in total. The van der Waals surface area contributed by atoms with E-state index < -0.39 is 0 Å². The molecule has 0 amide bonds. The van der Waals surface area contributed by atoms with E-state index in [1.165, 1.54) is 0 Å². The number of hydrogen-bond acceptors (Lipinski definition) is 4. The maximum Gasteiger partial charge on any atom is 0.121 e. The molecule has 0 saturated heterocycles. The van der Waals surface area contributed by atoms with Crippen LogP contribution in [-0.2, 0) is 6.54 Å². The largest absolute Gasteiger partial charge is 0.489 e. The molecule has 0 radical (unpaired) electrons. The van der Waals surface area contributed by atoms with Crippen molar-refractivity contribution in [1.82, 2.24) is 15.2 Å². The van der Waals surface area contributed by atoms with Gasteiger partial charge in [0.1, 0.15) is 11.9 Å². The van der Waals surface area contributed by atoms with Gasteiger partial charge in [0.15, 0.2) is 0 Å². The zero-order valence-corrected chi connectivity index (χ0v) is 13.0. The molecule has 2 rings (SSSR count).